The SMILES string of the molecule is C=CCOC(=O)N1CC[C@@H](N(C)C)C[C@H]1C(=O)O. The van der Waals surface area contributed by atoms with Gasteiger partial charge in [-0.2, -0.15) is 0 Å². The van der Waals surface area contributed by atoms with Crippen LogP contribution in [0.2, 0.25) is 0 Å². The van der Waals surface area contributed by atoms with Crippen molar-refractivity contribution in [3.63, 3.8) is 0 Å². The maximum absolute atomic E-state index is 11.7. The molecule has 0 aliphatic carbocycles. The topological polar surface area (TPSA) is 70.1 Å². The minimum atomic E-state index is -0.989. The first kappa shape index (κ1) is 14.5. The first-order chi connectivity index (χ1) is 8.47. The summed E-state index contributed by atoms with van der Waals surface area (Å²) in [6.45, 7) is 3.94. The van der Waals surface area contributed by atoms with Gasteiger partial charge in [0.05, 0.1) is 0 Å². The van der Waals surface area contributed by atoms with Crippen LogP contribution in [0.1, 0.15) is 12.8 Å². The Morgan fingerprint density at radius 1 is 1.56 bits per heavy atom. The highest BCUT2D eigenvalue weighted by Gasteiger charge is 2.37. The number of piperidine rings is 1. The summed E-state index contributed by atoms with van der Waals surface area (Å²) in [6, 6.07) is -0.641. The van der Waals surface area contributed by atoms with Crippen molar-refractivity contribution in [2.45, 2.75) is 24.9 Å². The molecule has 1 amide bonds. The Morgan fingerprint density at radius 2 is 2.22 bits per heavy atom. The number of carbonyl (C=O) groups excluding carboxylic acids is 1. The molecule has 102 valence electrons. The van der Waals surface area contributed by atoms with Crippen LogP contribution in [0.3, 0.4) is 0 Å². The summed E-state index contributed by atoms with van der Waals surface area (Å²) in [6.07, 6.45) is 2.05. The van der Waals surface area contributed by atoms with Gasteiger partial charge in [-0.25, -0.2) is 9.59 Å². The molecule has 0 aromatic rings. The molecule has 0 unspecified atom stereocenters. The van der Waals surface area contributed by atoms with Gasteiger partial charge < -0.3 is 14.7 Å². The fraction of sp³-hybridized carbons (Fsp3) is 0.667. The van der Waals surface area contributed by atoms with E-state index in [0.717, 1.165) is 6.42 Å². The molecule has 0 bridgehead atoms. The summed E-state index contributed by atoms with van der Waals surface area (Å²) in [5, 5.41) is 9.19. The van der Waals surface area contributed by atoms with Crippen LogP contribution in [0, 0.1) is 0 Å². The maximum Gasteiger partial charge on any atom is 0.410 e. The van der Waals surface area contributed by atoms with Gasteiger partial charge in [0.15, 0.2) is 0 Å². The highest BCUT2D eigenvalue weighted by Crippen LogP contribution is 2.21. The second kappa shape index (κ2) is 6.39. The molecule has 6 heteroatoms. The van der Waals surface area contributed by atoms with Crippen molar-refractivity contribution in [3.05, 3.63) is 12.7 Å². The molecule has 1 aliphatic rings. The monoisotopic (exact) mass is 256 g/mol. The van der Waals surface area contributed by atoms with Crippen LogP contribution in [0.25, 0.3) is 0 Å². The molecule has 6 nitrogen and oxygen atoms in total. The lowest BCUT2D eigenvalue weighted by atomic mass is 9.97. The third-order valence-corrected chi connectivity index (χ3v) is 3.15. The number of hydrogen-bond acceptors (Lipinski definition) is 4. The number of ether oxygens (including phenoxy) is 1. The summed E-state index contributed by atoms with van der Waals surface area (Å²) in [4.78, 5) is 26.2. The largest absolute Gasteiger partial charge is 0.480 e. The van der Waals surface area contributed by atoms with Crippen molar-refractivity contribution in [3.8, 4) is 0 Å². The molecule has 0 aromatic heterocycles. The van der Waals surface area contributed by atoms with Crippen molar-refractivity contribution >= 4 is 12.1 Å². The number of nitrogens with zero attached hydrogens (tertiary/aromatic N) is 2. The van der Waals surface area contributed by atoms with Gasteiger partial charge >= 0.3 is 12.1 Å². The normalized spacial score (nSPS) is 23.8. The first-order valence-electron chi connectivity index (χ1n) is 5.91. The molecule has 1 saturated heterocycles. The molecule has 0 spiro atoms. The number of carbonyl (C=O) groups is 2. The quantitative estimate of drug-likeness (QED) is 0.753. The van der Waals surface area contributed by atoms with Gasteiger partial charge in [-0.05, 0) is 26.9 Å². The number of aliphatic carboxylic acids is 1. The molecule has 1 heterocycles. The highest BCUT2D eigenvalue weighted by atomic mass is 16.6. The Kier molecular flexibility index (Phi) is 5.15. The van der Waals surface area contributed by atoms with Crippen molar-refractivity contribution in [1.29, 1.82) is 0 Å². The van der Waals surface area contributed by atoms with Gasteiger partial charge in [0.1, 0.15) is 12.6 Å². The van der Waals surface area contributed by atoms with E-state index in [-0.39, 0.29) is 12.6 Å². The van der Waals surface area contributed by atoms with E-state index < -0.39 is 18.1 Å². The van der Waals surface area contributed by atoms with E-state index in [1.165, 1.54) is 11.0 Å². The Hall–Kier alpha value is -1.56. The minimum Gasteiger partial charge on any atom is -0.480 e. The molecule has 1 fully saturated rings. The van der Waals surface area contributed by atoms with Crippen LogP contribution in [0.15, 0.2) is 12.7 Å². The zero-order valence-electron chi connectivity index (χ0n) is 10.8. The second-order valence-electron chi connectivity index (χ2n) is 4.55. The molecule has 2 atom stereocenters. The maximum atomic E-state index is 11.7. The Balaban J connectivity index is 2.70. The van der Waals surface area contributed by atoms with Gasteiger partial charge in [0.2, 0.25) is 0 Å². The molecule has 0 aromatic carbocycles. The predicted molar refractivity (Wildman–Crippen MR) is 66.4 cm³/mol. The Morgan fingerprint density at radius 3 is 2.72 bits per heavy atom. The van der Waals surface area contributed by atoms with Crippen LogP contribution in [0.5, 0.6) is 0 Å². The average Bonchev–Trinajstić information content (AvgIpc) is 2.34. The fourth-order valence-corrected chi connectivity index (χ4v) is 2.08. The lowest BCUT2D eigenvalue weighted by Gasteiger charge is -2.38. The van der Waals surface area contributed by atoms with Crippen molar-refractivity contribution in [2.24, 2.45) is 0 Å². The third kappa shape index (κ3) is 3.46. The number of hydrogen-bond donors (Lipinski definition) is 1. The van der Waals surface area contributed by atoms with E-state index in [4.69, 9.17) is 4.74 Å². The van der Waals surface area contributed by atoms with Crippen molar-refractivity contribution in [1.82, 2.24) is 9.80 Å². The van der Waals surface area contributed by atoms with Crippen molar-refractivity contribution < 1.29 is 19.4 Å². The second-order valence-corrected chi connectivity index (χ2v) is 4.55. The summed E-state index contributed by atoms with van der Waals surface area (Å²) >= 11 is 0. The van der Waals surface area contributed by atoms with E-state index in [2.05, 4.69) is 6.58 Å². The summed E-state index contributed by atoms with van der Waals surface area (Å²) in [5.74, 6) is -0.989. The molecule has 1 rings (SSSR count). The van der Waals surface area contributed by atoms with Gasteiger partial charge in [0, 0.05) is 12.6 Å². The number of carboxylic acid groups (broad SMARTS) is 1. The first-order valence-corrected chi connectivity index (χ1v) is 5.91. The lowest BCUT2D eigenvalue weighted by molar-refractivity contribution is -0.144. The van der Waals surface area contributed by atoms with E-state index in [1.54, 1.807) is 0 Å². The zero-order valence-corrected chi connectivity index (χ0v) is 10.8. The van der Waals surface area contributed by atoms with Crippen molar-refractivity contribution in [2.75, 3.05) is 27.2 Å². The van der Waals surface area contributed by atoms with Crippen LogP contribution in [0.4, 0.5) is 4.79 Å². The molecular weight excluding hydrogens is 236 g/mol. The van der Waals surface area contributed by atoms with Crippen LogP contribution < -0.4 is 0 Å². The minimum absolute atomic E-state index is 0.0960. The van der Waals surface area contributed by atoms with Gasteiger partial charge in [-0.3, -0.25) is 4.90 Å². The average molecular weight is 256 g/mol. The molecule has 1 N–H and O–H groups in total. The van der Waals surface area contributed by atoms with Crippen LogP contribution in [-0.2, 0) is 9.53 Å². The number of likely N-dealkylation sites (tertiary alicyclic amines) is 1. The van der Waals surface area contributed by atoms with Gasteiger partial charge in [-0.1, -0.05) is 12.7 Å². The molecule has 0 radical (unpaired) electrons. The van der Waals surface area contributed by atoms with Gasteiger partial charge in [-0.15, -0.1) is 0 Å². The Bertz CT molecular complexity index is 330. The predicted octanol–water partition coefficient (Wildman–Crippen LogP) is 0.788. The zero-order chi connectivity index (χ0) is 13.7. The molecule has 1 aliphatic heterocycles. The Labute approximate surface area is 107 Å². The number of carboxylic acids is 1. The summed E-state index contributed by atoms with van der Waals surface area (Å²) < 4.78 is 4.90. The molecule has 18 heavy (non-hydrogen) atoms. The van der Waals surface area contributed by atoms with E-state index in [9.17, 15) is 14.7 Å². The fourth-order valence-electron chi connectivity index (χ4n) is 2.08. The van der Waals surface area contributed by atoms with Crippen LogP contribution in [-0.4, -0.2) is 66.3 Å². The number of rotatable bonds is 4. The molecular formula is C12H20N2O4. The van der Waals surface area contributed by atoms with Crippen LogP contribution >= 0.6 is 0 Å². The third-order valence-electron chi connectivity index (χ3n) is 3.15. The smallest absolute Gasteiger partial charge is 0.410 e. The van der Waals surface area contributed by atoms with E-state index >= 15 is 0 Å². The summed E-state index contributed by atoms with van der Waals surface area (Å²) in [5.41, 5.74) is 0. The molecule has 0 saturated carbocycles. The van der Waals surface area contributed by atoms with E-state index in [0.29, 0.717) is 13.0 Å². The number of amides is 1. The highest BCUT2D eigenvalue weighted by molar-refractivity contribution is 5.80. The lowest BCUT2D eigenvalue weighted by Crippen LogP contribution is -2.54. The summed E-state index contributed by atoms with van der Waals surface area (Å²) in [7, 11) is 3.82. The van der Waals surface area contributed by atoms with E-state index in [1.807, 2.05) is 19.0 Å². The standard InChI is InChI=1S/C12H20N2O4/c1-4-7-18-12(17)14-6-5-9(13(2)3)8-10(14)11(15)16/h4,9-10H,1,5-8H2,2-3H3,(H,15,16)/t9-,10+/m1/s1. The van der Waals surface area contributed by atoms with Gasteiger partial charge in [0.25, 0.3) is 0 Å².